The van der Waals surface area contributed by atoms with Gasteiger partial charge >= 0.3 is 0 Å². The highest BCUT2D eigenvalue weighted by atomic mass is 19.1. The van der Waals surface area contributed by atoms with Crippen LogP contribution in [0.1, 0.15) is 68.4 Å². The number of ether oxygens (including phenoxy) is 1. The third-order valence-corrected chi connectivity index (χ3v) is 7.99. The lowest BCUT2D eigenvalue weighted by Gasteiger charge is -2.45. The Morgan fingerprint density at radius 3 is 2.54 bits per heavy atom. The summed E-state index contributed by atoms with van der Waals surface area (Å²) < 4.78 is 21.5. The molecule has 1 saturated carbocycles. The third-order valence-electron chi connectivity index (χ3n) is 7.99. The minimum Gasteiger partial charge on any atom is -0.497 e. The van der Waals surface area contributed by atoms with Crippen molar-refractivity contribution in [2.24, 2.45) is 0 Å². The van der Waals surface area contributed by atoms with Gasteiger partial charge in [0.25, 0.3) is 5.91 Å². The highest BCUT2D eigenvalue weighted by molar-refractivity contribution is 6.14. The number of hydrogen-bond donors (Lipinski definition) is 2. The van der Waals surface area contributed by atoms with Crippen LogP contribution in [0.2, 0.25) is 0 Å². The van der Waals surface area contributed by atoms with Gasteiger partial charge in [0.15, 0.2) is 0 Å². The van der Waals surface area contributed by atoms with Gasteiger partial charge in [-0.05, 0) is 55.7 Å². The first-order valence-electron chi connectivity index (χ1n) is 13.6. The second kappa shape index (κ2) is 10.7. The second-order valence-electron chi connectivity index (χ2n) is 10.8. The van der Waals surface area contributed by atoms with Crippen LogP contribution < -0.4 is 15.4 Å². The van der Waals surface area contributed by atoms with Crippen molar-refractivity contribution in [1.82, 2.24) is 14.8 Å². The summed E-state index contributed by atoms with van der Waals surface area (Å²) in [5.74, 6) is -0.845. The maximum Gasteiger partial charge on any atom is 0.273 e. The summed E-state index contributed by atoms with van der Waals surface area (Å²) in [4.78, 5) is 42.1. The van der Waals surface area contributed by atoms with E-state index in [9.17, 15) is 18.8 Å². The quantitative estimate of drug-likeness (QED) is 0.436. The van der Waals surface area contributed by atoms with Crippen LogP contribution in [-0.4, -0.2) is 45.9 Å². The Hall–Kier alpha value is -3.88. The maximum atomic E-state index is 14.3. The van der Waals surface area contributed by atoms with Crippen molar-refractivity contribution in [1.29, 1.82) is 0 Å². The molecule has 206 valence electrons. The lowest BCUT2D eigenvalue weighted by Crippen LogP contribution is -2.64. The second-order valence-corrected chi connectivity index (χ2v) is 10.8. The molecule has 39 heavy (non-hydrogen) atoms. The fourth-order valence-corrected chi connectivity index (χ4v) is 5.92. The molecule has 1 fully saturated rings. The van der Waals surface area contributed by atoms with Crippen molar-refractivity contribution in [3.05, 3.63) is 59.5 Å². The average molecular weight is 535 g/mol. The number of halogens is 1. The first kappa shape index (κ1) is 26.7. The standard InChI is InChI=1S/C30H35FN4O4/c1-19(36)32-26-24-16-21(31)13-14-25(24)34-18-30(2,29(38)33-22-10-6-4-5-7-11-22)35(28(37)27(26)34)17-20-9-8-12-23(15-20)39-3/h8-9,12-16,22H,4-7,10-11,17-18H2,1-3H3,(H,32,36)(H,33,38). The Kier molecular flexibility index (Phi) is 7.34. The molecule has 1 unspecified atom stereocenters. The summed E-state index contributed by atoms with van der Waals surface area (Å²) in [6.45, 7) is 3.44. The number of anilines is 1. The summed E-state index contributed by atoms with van der Waals surface area (Å²) in [7, 11) is 1.58. The van der Waals surface area contributed by atoms with E-state index in [-0.39, 0.29) is 42.3 Å². The molecule has 2 N–H and O–H groups in total. The van der Waals surface area contributed by atoms with Crippen molar-refractivity contribution in [3.8, 4) is 5.75 Å². The van der Waals surface area contributed by atoms with Crippen LogP contribution in [-0.2, 0) is 22.7 Å². The fraction of sp³-hybridized carbons (Fsp3) is 0.433. The Morgan fingerprint density at radius 1 is 1.10 bits per heavy atom. The number of benzene rings is 2. The van der Waals surface area contributed by atoms with Gasteiger partial charge in [0.05, 0.1) is 24.9 Å². The molecule has 8 nitrogen and oxygen atoms in total. The largest absolute Gasteiger partial charge is 0.497 e. The maximum absolute atomic E-state index is 14.3. The van der Waals surface area contributed by atoms with Gasteiger partial charge in [0, 0.05) is 24.9 Å². The zero-order valence-corrected chi connectivity index (χ0v) is 22.7. The first-order valence-corrected chi connectivity index (χ1v) is 13.6. The van der Waals surface area contributed by atoms with Crippen LogP contribution in [0.15, 0.2) is 42.5 Å². The predicted octanol–water partition coefficient (Wildman–Crippen LogP) is 5.00. The smallest absolute Gasteiger partial charge is 0.273 e. The Labute approximate surface area is 227 Å². The van der Waals surface area contributed by atoms with Crippen molar-refractivity contribution < 1.29 is 23.5 Å². The van der Waals surface area contributed by atoms with Crippen LogP contribution in [0.4, 0.5) is 10.1 Å². The van der Waals surface area contributed by atoms with E-state index in [1.165, 1.54) is 19.1 Å². The number of rotatable bonds is 6. The molecule has 3 amide bonds. The number of fused-ring (bicyclic) bond motifs is 3. The number of nitrogens with one attached hydrogen (secondary N) is 2. The number of hydrogen-bond acceptors (Lipinski definition) is 4. The third kappa shape index (κ3) is 5.10. The number of methoxy groups -OCH3 is 1. The minimum absolute atomic E-state index is 0.0532. The zero-order valence-electron chi connectivity index (χ0n) is 22.7. The molecule has 5 rings (SSSR count). The Bertz CT molecular complexity index is 1430. The van der Waals surface area contributed by atoms with Crippen molar-refractivity contribution in [3.63, 3.8) is 0 Å². The highest BCUT2D eigenvalue weighted by Gasteiger charge is 2.49. The van der Waals surface area contributed by atoms with E-state index in [0.717, 1.165) is 44.1 Å². The predicted molar refractivity (Wildman–Crippen MR) is 147 cm³/mol. The first-order chi connectivity index (χ1) is 18.7. The molecule has 2 aromatic carbocycles. The van der Waals surface area contributed by atoms with Gasteiger partial charge in [-0.1, -0.05) is 37.8 Å². The van der Waals surface area contributed by atoms with E-state index in [4.69, 9.17) is 4.74 Å². The number of carbonyl (C=O) groups excluding carboxylic acids is 3. The van der Waals surface area contributed by atoms with Gasteiger partial charge in [0.2, 0.25) is 11.8 Å². The number of carbonyl (C=O) groups is 3. The monoisotopic (exact) mass is 534 g/mol. The Balaban J connectivity index is 1.62. The van der Waals surface area contributed by atoms with Crippen molar-refractivity contribution in [2.75, 3.05) is 12.4 Å². The molecule has 0 spiro atoms. The van der Waals surface area contributed by atoms with Crippen LogP contribution in [0.5, 0.6) is 5.75 Å². The normalized spacial score (nSPS) is 19.9. The van der Waals surface area contributed by atoms with Gasteiger partial charge in [-0.15, -0.1) is 0 Å². The van der Waals surface area contributed by atoms with Gasteiger partial charge in [-0.25, -0.2) is 4.39 Å². The molecule has 3 aromatic rings. The van der Waals surface area contributed by atoms with E-state index >= 15 is 0 Å². The molecule has 1 aliphatic heterocycles. The minimum atomic E-state index is -1.24. The molecule has 0 bridgehead atoms. The molecular formula is C30H35FN4O4. The molecule has 2 aliphatic rings. The van der Waals surface area contributed by atoms with Crippen molar-refractivity contribution >= 4 is 34.3 Å². The highest BCUT2D eigenvalue weighted by Crippen LogP contribution is 2.40. The molecule has 2 heterocycles. The van der Waals surface area contributed by atoms with E-state index in [1.807, 2.05) is 24.3 Å². The van der Waals surface area contributed by atoms with Gasteiger partial charge in [0.1, 0.15) is 22.8 Å². The molecule has 0 saturated heterocycles. The molecule has 1 aliphatic carbocycles. The van der Waals surface area contributed by atoms with Crippen LogP contribution in [0.3, 0.4) is 0 Å². The van der Waals surface area contributed by atoms with E-state index in [2.05, 4.69) is 10.6 Å². The van der Waals surface area contributed by atoms with Crippen LogP contribution in [0.25, 0.3) is 10.9 Å². The molecule has 1 atom stereocenters. The van der Waals surface area contributed by atoms with Crippen LogP contribution >= 0.6 is 0 Å². The number of amides is 3. The van der Waals surface area contributed by atoms with Gasteiger partial charge < -0.3 is 24.8 Å². The topological polar surface area (TPSA) is 92.7 Å². The summed E-state index contributed by atoms with van der Waals surface area (Å²) in [5.41, 5.74) is 0.621. The summed E-state index contributed by atoms with van der Waals surface area (Å²) in [5, 5.41) is 6.43. The Morgan fingerprint density at radius 2 is 1.85 bits per heavy atom. The number of aromatic nitrogens is 1. The molecule has 9 heteroatoms. The van der Waals surface area contributed by atoms with E-state index in [0.29, 0.717) is 16.7 Å². The van der Waals surface area contributed by atoms with E-state index in [1.54, 1.807) is 29.6 Å². The lowest BCUT2D eigenvalue weighted by molar-refractivity contribution is -0.134. The SMILES string of the molecule is COc1cccc(CN2C(=O)c3c(NC(C)=O)c4cc(F)ccc4n3CC2(C)C(=O)NC2CCCCCC2)c1. The fourth-order valence-electron chi connectivity index (χ4n) is 5.92. The van der Waals surface area contributed by atoms with Crippen LogP contribution in [0, 0.1) is 5.82 Å². The van der Waals surface area contributed by atoms with Crippen molar-refractivity contribution in [2.45, 2.75) is 77.0 Å². The zero-order chi connectivity index (χ0) is 27.7. The molecule has 0 radical (unpaired) electrons. The van der Waals surface area contributed by atoms with E-state index < -0.39 is 17.3 Å². The summed E-state index contributed by atoms with van der Waals surface area (Å²) in [6, 6.07) is 11.7. The summed E-state index contributed by atoms with van der Waals surface area (Å²) >= 11 is 0. The summed E-state index contributed by atoms with van der Waals surface area (Å²) in [6.07, 6.45) is 6.26. The van der Waals surface area contributed by atoms with Gasteiger partial charge in [-0.3, -0.25) is 14.4 Å². The number of nitrogens with zero attached hydrogens (tertiary/aromatic N) is 2. The lowest BCUT2D eigenvalue weighted by atomic mass is 9.92. The average Bonchev–Trinajstić information content (AvgIpc) is 3.04. The molecular weight excluding hydrogens is 499 g/mol. The van der Waals surface area contributed by atoms with Gasteiger partial charge in [-0.2, -0.15) is 0 Å². The molecule has 1 aromatic heterocycles.